The molecular formula is C20H21N5O4S. The van der Waals surface area contributed by atoms with Crippen LogP contribution >= 0.6 is 0 Å². The van der Waals surface area contributed by atoms with Crippen LogP contribution in [0.2, 0.25) is 0 Å². The van der Waals surface area contributed by atoms with Crippen molar-refractivity contribution in [1.29, 1.82) is 0 Å². The van der Waals surface area contributed by atoms with Crippen LogP contribution in [0.15, 0.2) is 48.9 Å². The average Bonchev–Trinajstić information content (AvgIpc) is 3.41. The summed E-state index contributed by atoms with van der Waals surface area (Å²) >= 11 is 0. The highest BCUT2D eigenvalue weighted by Gasteiger charge is 2.35. The lowest BCUT2D eigenvalue weighted by molar-refractivity contribution is 0.133. The summed E-state index contributed by atoms with van der Waals surface area (Å²) in [6.45, 7) is -0.00893. The van der Waals surface area contributed by atoms with Crippen LogP contribution in [-0.4, -0.2) is 50.2 Å². The lowest BCUT2D eigenvalue weighted by Gasteiger charge is -2.14. The number of hydrogen-bond donors (Lipinski definition) is 4. The van der Waals surface area contributed by atoms with E-state index in [0.717, 1.165) is 33.3 Å². The second-order valence-electron chi connectivity index (χ2n) is 7.73. The van der Waals surface area contributed by atoms with Crippen LogP contribution in [0, 0.1) is 5.92 Å². The van der Waals surface area contributed by atoms with Gasteiger partial charge in [0, 0.05) is 41.0 Å². The summed E-state index contributed by atoms with van der Waals surface area (Å²) in [5, 5.41) is 12.4. The molecule has 3 aromatic heterocycles. The number of nitrogens with zero attached hydrogens (tertiary/aromatic N) is 3. The summed E-state index contributed by atoms with van der Waals surface area (Å²) in [7, 11) is -4.28. The zero-order valence-corrected chi connectivity index (χ0v) is 16.7. The predicted octanol–water partition coefficient (Wildman–Crippen LogP) is 2.28. The van der Waals surface area contributed by atoms with Crippen molar-refractivity contribution < 1.29 is 18.1 Å². The highest BCUT2D eigenvalue weighted by molar-refractivity contribution is 7.83. The second-order valence-corrected chi connectivity index (χ2v) is 8.97. The van der Waals surface area contributed by atoms with Crippen molar-refractivity contribution in [2.75, 3.05) is 6.54 Å². The van der Waals surface area contributed by atoms with Crippen LogP contribution in [0.5, 0.6) is 0 Å². The van der Waals surface area contributed by atoms with Crippen molar-refractivity contribution >= 4 is 32.2 Å². The zero-order chi connectivity index (χ0) is 20.9. The highest BCUT2D eigenvalue weighted by atomic mass is 32.2. The Kier molecular flexibility index (Phi) is 4.58. The maximum Gasteiger partial charge on any atom is 0.333 e. The third-order valence-corrected chi connectivity index (χ3v) is 6.38. The monoisotopic (exact) mass is 427 g/mol. The molecule has 0 radical (unpaired) electrons. The van der Waals surface area contributed by atoms with E-state index >= 15 is 0 Å². The summed E-state index contributed by atoms with van der Waals surface area (Å²) in [5.74, 6) is -0.288. The maximum atomic E-state index is 11.0. The predicted molar refractivity (Wildman–Crippen MR) is 112 cm³/mol. The Bertz CT molecular complexity index is 1300. The molecule has 9 nitrogen and oxygen atoms in total. The normalized spacial score (nSPS) is 22.3. The van der Waals surface area contributed by atoms with Gasteiger partial charge in [0.2, 0.25) is 0 Å². The molecule has 0 bridgehead atoms. The minimum atomic E-state index is -4.28. The summed E-state index contributed by atoms with van der Waals surface area (Å²) in [6, 6.07) is 12.0. The van der Waals surface area contributed by atoms with Gasteiger partial charge in [-0.25, -0.2) is 9.97 Å². The second kappa shape index (κ2) is 7.17. The largest absolute Gasteiger partial charge is 0.393 e. The minimum Gasteiger partial charge on any atom is -0.393 e. The number of aliphatic hydroxyl groups is 1. The number of para-hydroxylation sites is 1. The molecule has 0 aliphatic heterocycles. The Morgan fingerprint density at radius 2 is 2.03 bits per heavy atom. The van der Waals surface area contributed by atoms with Crippen LogP contribution in [0.25, 0.3) is 33.3 Å². The summed E-state index contributed by atoms with van der Waals surface area (Å²) in [6.07, 6.45) is 3.84. The number of rotatable bonds is 5. The number of hydrogen-bond acceptors (Lipinski definition) is 5. The van der Waals surface area contributed by atoms with Crippen LogP contribution in [0.4, 0.5) is 0 Å². The van der Waals surface area contributed by atoms with E-state index in [1.165, 1.54) is 6.33 Å². The molecule has 5 rings (SSSR count). The van der Waals surface area contributed by atoms with E-state index in [2.05, 4.69) is 25.7 Å². The van der Waals surface area contributed by atoms with Gasteiger partial charge in [0.25, 0.3) is 0 Å². The molecule has 0 unspecified atom stereocenters. The number of H-pyrrole nitrogens is 1. The number of aromatic amines is 1. The molecule has 1 aliphatic carbocycles. The first-order valence-corrected chi connectivity index (χ1v) is 11.1. The van der Waals surface area contributed by atoms with Crippen LogP contribution in [0.1, 0.15) is 18.9 Å². The van der Waals surface area contributed by atoms with Crippen molar-refractivity contribution in [3.05, 3.63) is 48.9 Å². The number of aromatic nitrogens is 4. The standard InChI is InChI=1S/C20H21N5O4S/c26-18-9-14(7-13(18)10-23-30(27,28)29)25-6-5-15-19(21-11-22-20(15)25)17-8-12-3-1-2-4-16(12)24-17/h1-6,8,11,13-14,18,23-24,26H,7,9-10H2,(H,27,28,29)/t13-,14+,18-/m0/s1. The fourth-order valence-electron chi connectivity index (χ4n) is 4.41. The molecule has 0 spiro atoms. The number of fused-ring (bicyclic) bond motifs is 2. The molecule has 1 aromatic carbocycles. The van der Waals surface area contributed by atoms with E-state index in [-0.39, 0.29) is 18.5 Å². The van der Waals surface area contributed by atoms with Gasteiger partial charge in [0.15, 0.2) is 0 Å². The van der Waals surface area contributed by atoms with Gasteiger partial charge in [-0.05, 0) is 31.0 Å². The summed E-state index contributed by atoms with van der Waals surface area (Å²) in [5.41, 5.74) is 3.51. The molecule has 4 N–H and O–H groups in total. The van der Waals surface area contributed by atoms with E-state index in [9.17, 15) is 13.5 Å². The van der Waals surface area contributed by atoms with E-state index < -0.39 is 16.4 Å². The molecule has 3 atom stereocenters. The topological polar surface area (TPSA) is 133 Å². The first kappa shape index (κ1) is 19.2. The van der Waals surface area contributed by atoms with Gasteiger partial charge >= 0.3 is 10.3 Å². The Morgan fingerprint density at radius 1 is 1.20 bits per heavy atom. The summed E-state index contributed by atoms with van der Waals surface area (Å²) < 4.78 is 34.9. The molecule has 30 heavy (non-hydrogen) atoms. The quantitative estimate of drug-likeness (QED) is 0.361. The fraction of sp³-hybridized carbons (Fsp3) is 0.300. The van der Waals surface area contributed by atoms with E-state index in [1.54, 1.807) is 0 Å². The van der Waals surface area contributed by atoms with Crippen LogP contribution < -0.4 is 4.72 Å². The molecule has 1 saturated carbocycles. The highest BCUT2D eigenvalue weighted by Crippen LogP contribution is 2.38. The third kappa shape index (κ3) is 3.47. The smallest absolute Gasteiger partial charge is 0.333 e. The Morgan fingerprint density at radius 3 is 2.83 bits per heavy atom. The first-order chi connectivity index (χ1) is 14.4. The Hall–Kier alpha value is -2.79. The van der Waals surface area contributed by atoms with Crippen LogP contribution in [0.3, 0.4) is 0 Å². The molecule has 0 amide bonds. The van der Waals surface area contributed by atoms with Gasteiger partial charge < -0.3 is 14.7 Å². The van der Waals surface area contributed by atoms with Crippen LogP contribution in [-0.2, 0) is 10.3 Å². The van der Waals surface area contributed by atoms with Gasteiger partial charge in [-0.15, -0.1) is 0 Å². The lowest BCUT2D eigenvalue weighted by atomic mass is 10.1. The molecule has 4 aromatic rings. The Labute approximate surface area is 172 Å². The van der Waals surface area contributed by atoms with Crippen molar-refractivity contribution in [2.45, 2.75) is 25.0 Å². The molecule has 0 saturated heterocycles. The van der Waals surface area contributed by atoms with Crippen molar-refractivity contribution in [2.24, 2.45) is 5.92 Å². The Balaban J connectivity index is 1.46. The van der Waals surface area contributed by atoms with E-state index in [0.29, 0.717) is 12.8 Å². The molecule has 1 fully saturated rings. The van der Waals surface area contributed by atoms with E-state index in [4.69, 9.17) is 4.55 Å². The van der Waals surface area contributed by atoms with Crippen molar-refractivity contribution in [3.63, 3.8) is 0 Å². The minimum absolute atomic E-state index is 0.00893. The SMILES string of the molecule is O=S(=O)(O)NC[C@@H]1C[C@@H](n2ccc3c(-c4cc5ccccc5[nH]4)ncnc32)C[C@@H]1O. The number of benzene rings is 1. The average molecular weight is 427 g/mol. The molecule has 1 aliphatic rings. The van der Waals surface area contributed by atoms with Gasteiger partial charge in [0.05, 0.1) is 17.5 Å². The molecule has 10 heteroatoms. The van der Waals surface area contributed by atoms with E-state index in [1.807, 2.05) is 41.1 Å². The maximum absolute atomic E-state index is 11.0. The van der Waals surface area contributed by atoms with Gasteiger partial charge in [-0.3, -0.25) is 4.55 Å². The summed E-state index contributed by atoms with van der Waals surface area (Å²) in [4.78, 5) is 12.4. The lowest BCUT2D eigenvalue weighted by Crippen LogP contribution is -2.31. The number of aliphatic hydroxyl groups excluding tert-OH is 1. The first-order valence-electron chi connectivity index (χ1n) is 9.69. The van der Waals surface area contributed by atoms with Gasteiger partial charge in [-0.1, -0.05) is 18.2 Å². The zero-order valence-electron chi connectivity index (χ0n) is 15.9. The van der Waals surface area contributed by atoms with Gasteiger partial charge in [-0.2, -0.15) is 13.1 Å². The fourth-order valence-corrected chi connectivity index (χ4v) is 4.84. The van der Waals surface area contributed by atoms with Gasteiger partial charge in [0.1, 0.15) is 12.0 Å². The number of nitrogens with one attached hydrogen (secondary N) is 2. The molecule has 3 heterocycles. The third-order valence-electron chi connectivity index (χ3n) is 5.85. The molecule has 156 valence electrons. The van der Waals surface area contributed by atoms with Crippen molar-refractivity contribution in [3.8, 4) is 11.4 Å². The molecular weight excluding hydrogens is 406 g/mol. The van der Waals surface area contributed by atoms with Crippen molar-refractivity contribution in [1.82, 2.24) is 24.2 Å².